The summed E-state index contributed by atoms with van der Waals surface area (Å²) in [4.78, 5) is 28.5. The van der Waals surface area contributed by atoms with E-state index in [2.05, 4.69) is 0 Å². The third kappa shape index (κ3) is 5.87. The first-order valence-corrected chi connectivity index (χ1v) is 12.7. The standard InChI is InChI=1S/C24H31N3O6S/c1-4-32-22-12-11-19(23(28)26-13-15-27(16-14-26)24(29)33-5-2)17-20(22)18-25(3)34(30,31)21-9-7-6-8-10-21/h6-12,17H,4-5,13-16,18H2,1-3H3. The zero-order chi connectivity index (χ0) is 24.7. The molecule has 34 heavy (non-hydrogen) atoms. The first-order chi connectivity index (χ1) is 16.3. The van der Waals surface area contributed by atoms with Crippen LogP contribution < -0.4 is 4.74 Å². The zero-order valence-electron chi connectivity index (χ0n) is 19.8. The Balaban J connectivity index is 1.77. The maximum atomic E-state index is 13.1. The molecule has 3 rings (SSSR count). The van der Waals surface area contributed by atoms with Gasteiger partial charge < -0.3 is 19.3 Å². The summed E-state index contributed by atoms with van der Waals surface area (Å²) in [6.45, 7) is 5.93. The van der Waals surface area contributed by atoms with Crippen LogP contribution in [0.15, 0.2) is 53.4 Å². The molecule has 0 spiro atoms. The Hall–Kier alpha value is -3.11. The van der Waals surface area contributed by atoms with Gasteiger partial charge in [0.2, 0.25) is 10.0 Å². The molecule has 184 valence electrons. The molecule has 1 aliphatic heterocycles. The Bertz CT molecular complexity index is 1100. The molecular weight excluding hydrogens is 458 g/mol. The van der Waals surface area contributed by atoms with Gasteiger partial charge in [-0.05, 0) is 44.2 Å². The monoisotopic (exact) mass is 489 g/mol. The molecule has 2 aromatic carbocycles. The Labute approximate surface area is 200 Å². The number of sulfonamides is 1. The molecule has 1 saturated heterocycles. The molecule has 0 unspecified atom stereocenters. The Morgan fingerprint density at radius 1 is 0.941 bits per heavy atom. The second kappa shape index (κ2) is 11.3. The van der Waals surface area contributed by atoms with Crippen LogP contribution in [-0.4, -0.2) is 81.0 Å². The lowest BCUT2D eigenvalue weighted by Crippen LogP contribution is -2.50. The number of carbonyl (C=O) groups excluding carboxylic acids is 2. The van der Waals surface area contributed by atoms with E-state index in [1.165, 1.54) is 11.4 Å². The molecule has 0 aromatic heterocycles. The fourth-order valence-corrected chi connectivity index (χ4v) is 4.89. The number of benzene rings is 2. The van der Waals surface area contributed by atoms with Gasteiger partial charge >= 0.3 is 6.09 Å². The van der Waals surface area contributed by atoms with Gasteiger partial charge in [-0.15, -0.1) is 0 Å². The number of amides is 2. The minimum absolute atomic E-state index is 0.0459. The third-order valence-electron chi connectivity index (χ3n) is 5.54. The Kier molecular flexibility index (Phi) is 8.51. The number of piperazine rings is 1. The zero-order valence-corrected chi connectivity index (χ0v) is 20.6. The van der Waals surface area contributed by atoms with Crippen molar-refractivity contribution in [3.05, 3.63) is 59.7 Å². The molecule has 10 heteroatoms. The van der Waals surface area contributed by atoms with Gasteiger partial charge in [0.25, 0.3) is 5.91 Å². The average molecular weight is 490 g/mol. The lowest BCUT2D eigenvalue weighted by molar-refractivity contribution is 0.0570. The van der Waals surface area contributed by atoms with Crippen LogP contribution in [-0.2, 0) is 21.3 Å². The van der Waals surface area contributed by atoms with Crippen LogP contribution in [0.3, 0.4) is 0 Å². The van der Waals surface area contributed by atoms with Crippen LogP contribution in [0, 0.1) is 0 Å². The number of rotatable bonds is 8. The van der Waals surface area contributed by atoms with Gasteiger partial charge in [-0.2, -0.15) is 4.31 Å². The lowest BCUT2D eigenvalue weighted by atomic mass is 10.1. The van der Waals surface area contributed by atoms with Crippen LogP contribution in [0.4, 0.5) is 4.79 Å². The van der Waals surface area contributed by atoms with Crippen molar-refractivity contribution < 1.29 is 27.5 Å². The quantitative estimate of drug-likeness (QED) is 0.566. The number of nitrogens with zero attached hydrogens (tertiary/aromatic N) is 3. The van der Waals surface area contributed by atoms with E-state index >= 15 is 0 Å². The molecular formula is C24H31N3O6S. The van der Waals surface area contributed by atoms with Crippen molar-refractivity contribution in [1.82, 2.24) is 14.1 Å². The lowest BCUT2D eigenvalue weighted by Gasteiger charge is -2.34. The van der Waals surface area contributed by atoms with Crippen LogP contribution in [0.1, 0.15) is 29.8 Å². The maximum Gasteiger partial charge on any atom is 0.409 e. The molecule has 1 fully saturated rings. The van der Waals surface area contributed by atoms with Gasteiger partial charge in [0.1, 0.15) is 5.75 Å². The molecule has 0 saturated carbocycles. The van der Waals surface area contributed by atoms with Crippen molar-refractivity contribution in [2.75, 3.05) is 46.4 Å². The van der Waals surface area contributed by atoms with E-state index in [4.69, 9.17) is 9.47 Å². The summed E-state index contributed by atoms with van der Waals surface area (Å²) in [5, 5.41) is 0. The fourth-order valence-electron chi connectivity index (χ4n) is 3.72. The topological polar surface area (TPSA) is 96.5 Å². The first-order valence-electron chi connectivity index (χ1n) is 11.3. The SMILES string of the molecule is CCOC(=O)N1CCN(C(=O)c2ccc(OCC)c(CN(C)S(=O)(=O)c3ccccc3)c2)CC1. The first kappa shape index (κ1) is 25.5. The van der Waals surface area contributed by atoms with Crippen molar-refractivity contribution in [3.63, 3.8) is 0 Å². The molecule has 1 aliphatic rings. The van der Waals surface area contributed by atoms with Crippen molar-refractivity contribution >= 4 is 22.0 Å². The van der Waals surface area contributed by atoms with Gasteiger partial charge in [-0.3, -0.25) is 4.79 Å². The fraction of sp³-hybridized carbons (Fsp3) is 0.417. The van der Waals surface area contributed by atoms with Gasteiger partial charge in [0.05, 0.1) is 18.1 Å². The van der Waals surface area contributed by atoms with Gasteiger partial charge in [0, 0.05) is 50.9 Å². The third-order valence-corrected chi connectivity index (χ3v) is 7.36. The minimum atomic E-state index is -3.71. The summed E-state index contributed by atoms with van der Waals surface area (Å²) in [6, 6.07) is 13.3. The molecule has 0 bridgehead atoms. The molecule has 0 N–H and O–H groups in total. The predicted molar refractivity (Wildman–Crippen MR) is 127 cm³/mol. The minimum Gasteiger partial charge on any atom is -0.494 e. The summed E-state index contributed by atoms with van der Waals surface area (Å²) in [5.74, 6) is 0.350. The highest BCUT2D eigenvalue weighted by molar-refractivity contribution is 7.89. The molecule has 1 heterocycles. The second-order valence-electron chi connectivity index (χ2n) is 7.81. The number of hydrogen-bond acceptors (Lipinski definition) is 6. The highest BCUT2D eigenvalue weighted by atomic mass is 32.2. The van der Waals surface area contributed by atoms with E-state index in [1.54, 1.807) is 65.3 Å². The molecule has 9 nitrogen and oxygen atoms in total. The highest BCUT2D eigenvalue weighted by Gasteiger charge is 2.27. The van der Waals surface area contributed by atoms with E-state index in [0.717, 1.165) is 0 Å². The molecule has 2 amide bonds. The number of hydrogen-bond donors (Lipinski definition) is 0. The van der Waals surface area contributed by atoms with Crippen LogP contribution >= 0.6 is 0 Å². The molecule has 0 atom stereocenters. The van der Waals surface area contributed by atoms with Crippen LogP contribution in [0.5, 0.6) is 5.75 Å². The van der Waals surface area contributed by atoms with Gasteiger partial charge in [-0.1, -0.05) is 18.2 Å². The van der Waals surface area contributed by atoms with E-state index in [9.17, 15) is 18.0 Å². The number of ether oxygens (including phenoxy) is 2. The van der Waals surface area contributed by atoms with E-state index < -0.39 is 10.0 Å². The molecule has 0 aliphatic carbocycles. The van der Waals surface area contributed by atoms with Crippen molar-refractivity contribution in [3.8, 4) is 5.75 Å². The Morgan fingerprint density at radius 2 is 1.59 bits per heavy atom. The van der Waals surface area contributed by atoms with Crippen molar-refractivity contribution in [2.45, 2.75) is 25.3 Å². The summed E-state index contributed by atoms with van der Waals surface area (Å²) in [5.41, 5.74) is 1.04. The summed E-state index contributed by atoms with van der Waals surface area (Å²) >= 11 is 0. The summed E-state index contributed by atoms with van der Waals surface area (Å²) in [7, 11) is -2.21. The van der Waals surface area contributed by atoms with E-state index in [1.807, 2.05) is 6.92 Å². The summed E-state index contributed by atoms with van der Waals surface area (Å²) < 4.78 is 37.9. The van der Waals surface area contributed by atoms with Crippen molar-refractivity contribution in [2.24, 2.45) is 0 Å². The highest BCUT2D eigenvalue weighted by Crippen LogP contribution is 2.25. The predicted octanol–water partition coefficient (Wildman–Crippen LogP) is 2.82. The molecule has 0 radical (unpaired) electrons. The number of carbonyl (C=O) groups is 2. The Morgan fingerprint density at radius 3 is 2.21 bits per heavy atom. The van der Waals surface area contributed by atoms with E-state index in [0.29, 0.717) is 56.3 Å². The van der Waals surface area contributed by atoms with Crippen molar-refractivity contribution in [1.29, 1.82) is 0 Å². The van der Waals surface area contributed by atoms with Gasteiger partial charge in [0.15, 0.2) is 0 Å². The second-order valence-corrected chi connectivity index (χ2v) is 9.85. The van der Waals surface area contributed by atoms with Crippen LogP contribution in [0.25, 0.3) is 0 Å². The molecule has 2 aromatic rings. The largest absolute Gasteiger partial charge is 0.494 e. The average Bonchev–Trinajstić information content (AvgIpc) is 2.85. The van der Waals surface area contributed by atoms with Crippen LogP contribution in [0.2, 0.25) is 0 Å². The van der Waals surface area contributed by atoms with Gasteiger partial charge in [-0.25, -0.2) is 13.2 Å². The smallest absolute Gasteiger partial charge is 0.409 e. The summed E-state index contributed by atoms with van der Waals surface area (Å²) in [6.07, 6.45) is -0.374. The normalized spacial score (nSPS) is 14.2. The van der Waals surface area contributed by atoms with E-state index in [-0.39, 0.29) is 23.4 Å². The maximum absolute atomic E-state index is 13.1.